The van der Waals surface area contributed by atoms with Crippen molar-refractivity contribution in [3.8, 4) is 0 Å². The van der Waals surface area contributed by atoms with Crippen LogP contribution >= 0.6 is 0 Å². The Hall–Kier alpha value is -2.11. The molecule has 1 fully saturated rings. The Morgan fingerprint density at radius 1 is 1.35 bits per heavy atom. The molecule has 0 spiro atoms. The van der Waals surface area contributed by atoms with Crippen molar-refractivity contribution in [1.82, 2.24) is 9.88 Å². The number of pyridine rings is 1. The van der Waals surface area contributed by atoms with E-state index in [9.17, 15) is 14.7 Å². The van der Waals surface area contributed by atoms with Crippen LogP contribution in [0.2, 0.25) is 0 Å². The van der Waals surface area contributed by atoms with Gasteiger partial charge in [0.15, 0.2) is 0 Å². The fourth-order valence-electron chi connectivity index (χ4n) is 2.68. The molecule has 1 aliphatic rings. The van der Waals surface area contributed by atoms with E-state index in [0.29, 0.717) is 5.56 Å². The first-order valence-electron chi connectivity index (χ1n) is 8.26. The average Bonchev–Trinajstić information content (AvgIpc) is 3.37. The standard InChI is InChI=1S/C17H25N3O3/c1-4-10-19(5-2)15-9-6-13(11-18-15)16(21)20(14-7-8-14)12(3)17(22)23/h6,9,11-12,14H,4-5,7-8,10H2,1-3H3,(H,22,23). The molecule has 1 unspecified atom stereocenters. The highest BCUT2D eigenvalue weighted by molar-refractivity contribution is 5.96. The monoisotopic (exact) mass is 319 g/mol. The lowest BCUT2D eigenvalue weighted by atomic mass is 10.2. The van der Waals surface area contributed by atoms with E-state index in [1.807, 2.05) is 6.07 Å². The van der Waals surface area contributed by atoms with E-state index in [0.717, 1.165) is 38.2 Å². The van der Waals surface area contributed by atoms with Crippen LogP contribution in [0.15, 0.2) is 18.3 Å². The lowest BCUT2D eigenvalue weighted by Gasteiger charge is -2.27. The SMILES string of the molecule is CCCN(CC)c1ccc(C(=O)N(C2CC2)C(C)C(=O)O)cn1. The van der Waals surface area contributed by atoms with Crippen molar-refractivity contribution in [3.05, 3.63) is 23.9 Å². The maximum atomic E-state index is 12.7. The maximum absolute atomic E-state index is 12.7. The van der Waals surface area contributed by atoms with Gasteiger partial charge in [-0.25, -0.2) is 9.78 Å². The minimum Gasteiger partial charge on any atom is -0.480 e. The van der Waals surface area contributed by atoms with Crippen LogP contribution in [-0.4, -0.2) is 52.0 Å². The minimum atomic E-state index is -0.977. The molecule has 0 radical (unpaired) electrons. The van der Waals surface area contributed by atoms with Gasteiger partial charge in [-0.1, -0.05) is 6.92 Å². The van der Waals surface area contributed by atoms with Gasteiger partial charge in [-0.15, -0.1) is 0 Å². The number of rotatable bonds is 8. The second-order valence-corrected chi connectivity index (χ2v) is 5.94. The topological polar surface area (TPSA) is 73.7 Å². The lowest BCUT2D eigenvalue weighted by Crippen LogP contribution is -2.44. The lowest BCUT2D eigenvalue weighted by molar-refractivity contribution is -0.141. The third kappa shape index (κ3) is 4.00. The van der Waals surface area contributed by atoms with Crippen molar-refractivity contribution in [1.29, 1.82) is 0 Å². The largest absolute Gasteiger partial charge is 0.480 e. The van der Waals surface area contributed by atoms with Crippen LogP contribution in [0.25, 0.3) is 0 Å². The summed E-state index contributed by atoms with van der Waals surface area (Å²) in [5, 5.41) is 9.22. The van der Waals surface area contributed by atoms with Gasteiger partial charge in [0.25, 0.3) is 5.91 Å². The third-order valence-electron chi connectivity index (χ3n) is 4.14. The first-order valence-corrected chi connectivity index (χ1v) is 8.26. The van der Waals surface area contributed by atoms with Crippen LogP contribution in [-0.2, 0) is 4.79 Å². The van der Waals surface area contributed by atoms with Gasteiger partial charge in [0.05, 0.1) is 5.56 Å². The molecule has 126 valence electrons. The van der Waals surface area contributed by atoms with E-state index in [2.05, 4.69) is 23.7 Å². The smallest absolute Gasteiger partial charge is 0.326 e. The summed E-state index contributed by atoms with van der Waals surface area (Å²) in [4.78, 5) is 31.9. The van der Waals surface area contributed by atoms with Gasteiger partial charge in [-0.05, 0) is 45.2 Å². The quantitative estimate of drug-likeness (QED) is 0.796. The number of hydrogen-bond donors (Lipinski definition) is 1. The third-order valence-corrected chi connectivity index (χ3v) is 4.14. The fourth-order valence-corrected chi connectivity index (χ4v) is 2.68. The first kappa shape index (κ1) is 17.2. The summed E-state index contributed by atoms with van der Waals surface area (Å²) in [6.45, 7) is 7.51. The van der Waals surface area contributed by atoms with Crippen molar-refractivity contribution in [2.24, 2.45) is 0 Å². The summed E-state index contributed by atoms with van der Waals surface area (Å²) in [7, 11) is 0. The fraction of sp³-hybridized carbons (Fsp3) is 0.588. The predicted molar refractivity (Wildman–Crippen MR) is 88.7 cm³/mol. The minimum absolute atomic E-state index is 0.0421. The molecule has 1 aliphatic carbocycles. The van der Waals surface area contributed by atoms with Gasteiger partial charge < -0.3 is 14.9 Å². The molecule has 1 heterocycles. The van der Waals surface area contributed by atoms with Crippen molar-refractivity contribution in [2.45, 2.75) is 52.1 Å². The molecule has 23 heavy (non-hydrogen) atoms. The number of carbonyl (C=O) groups excluding carboxylic acids is 1. The van der Waals surface area contributed by atoms with E-state index < -0.39 is 12.0 Å². The first-order chi connectivity index (χ1) is 11.0. The van der Waals surface area contributed by atoms with Crippen molar-refractivity contribution >= 4 is 17.7 Å². The maximum Gasteiger partial charge on any atom is 0.326 e. The molecule has 6 heteroatoms. The number of carbonyl (C=O) groups is 2. The highest BCUT2D eigenvalue weighted by atomic mass is 16.4. The Bertz CT molecular complexity index is 555. The van der Waals surface area contributed by atoms with E-state index in [4.69, 9.17) is 0 Å². The molecule has 0 bridgehead atoms. The molecule has 0 aromatic carbocycles. The van der Waals surface area contributed by atoms with Crippen LogP contribution in [0.3, 0.4) is 0 Å². The van der Waals surface area contributed by atoms with Crippen molar-refractivity contribution in [3.63, 3.8) is 0 Å². The summed E-state index contributed by atoms with van der Waals surface area (Å²) in [6.07, 6.45) is 4.33. The molecular formula is C17H25N3O3. The number of carboxylic acid groups (broad SMARTS) is 1. The van der Waals surface area contributed by atoms with Crippen molar-refractivity contribution < 1.29 is 14.7 Å². The summed E-state index contributed by atoms with van der Waals surface area (Å²) in [5.74, 6) is -0.384. The van der Waals surface area contributed by atoms with E-state index >= 15 is 0 Å². The molecule has 6 nitrogen and oxygen atoms in total. The number of carboxylic acids is 1. The molecule has 0 aliphatic heterocycles. The molecule has 1 aromatic rings. The number of anilines is 1. The van der Waals surface area contributed by atoms with Gasteiger partial charge in [0.2, 0.25) is 0 Å². The number of hydrogen-bond acceptors (Lipinski definition) is 4. The zero-order valence-electron chi connectivity index (χ0n) is 14.0. The Balaban J connectivity index is 2.16. The Morgan fingerprint density at radius 2 is 2.04 bits per heavy atom. The average molecular weight is 319 g/mol. The zero-order valence-corrected chi connectivity index (χ0v) is 14.0. The van der Waals surface area contributed by atoms with Crippen LogP contribution in [0.1, 0.15) is 50.4 Å². The van der Waals surface area contributed by atoms with Crippen LogP contribution in [0.4, 0.5) is 5.82 Å². The molecule has 2 rings (SSSR count). The molecular weight excluding hydrogens is 294 g/mol. The Labute approximate surface area is 137 Å². The Morgan fingerprint density at radius 3 is 2.48 bits per heavy atom. The summed E-state index contributed by atoms with van der Waals surface area (Å²) in [6, 6.07) is 2.80. The Kier molecular flexibility index (Phi) is 5.58. The normalized spacial score (nSPS) is 15.1. The van der Waals surface area contributed by atoms with Crippen molar-refractivity contribution in [2.75, 3.05) is 18.0 Å². The van der Waals surface area contributed by atoms with Gasteiger partial charge in [0.1, 0.15) is 11.9 Å². The number of aromatic nitrogens is 1. The molecule has 0 saturated heterocycles. The second kappa shape index (κ2) is 7.44. The number of nitrogens with zero attached hydrogens (tertiary/aromatic N) is 3. The van der Waals surface area contributed by atoms with Gasteiger partial charge >= 0.3 is 5.97 Å². The highest BCUT2D eigenvalue weighted by Gasteiger charge is 2.38. The number of aliphatic carboxylic acids is 1. The number of amides is 1. The van der Waals surface area contributed by atoms with Gasteiger partial charge in [0, 0.05) is 25.3 Å². The second-order valence-electron chi connectivity index (χ2n) is 5.94. The predicted octanol–water partition coefficient (Wildman–Crippen LogP) is 2.40. The van der Waals surface area contributed by atoms with Crippen LogP contribution < -0.4 is 4.90 Å². The van der Waals surface area contributed by atoms with Crippen LogP contribution in [0, 0.1) is 0 Å². The summed E-state index contributed by atoms with van der Waals surface area (Å²) >= 11 is 0. The molecule has 1 aromatic heterocycles. The molecule has 1 amide bonds. The summed E-state index contributed by atoms with van der Waals surface area (Å²) in [5.41, 5.74) is 0.446. The van der Waals surface area contributed by atoms with Gasteiger partial charge in [-0.3, -0.25) is 4.79 Å². The van der Waals surface area contributed by atoms with Gasteiger partial charge in [-0.2, -0.15) is 0 Å². The molecule has 1 N–H and O–H groups in total. The summed E-state index contributed by atoms with van der Waals surface area (Å²) < 4.78 is 0. The van der Waals surface area contributed by atoms with E-state index in [1.165, 1.54) is 4.90 Å². The van der Waals surface area contributed by atoms with E-state index in [-0.39, 0.29) is 11.9 Å². The molecule has 1 saturated carbocycles. The molecule has 1 atom stereocenters. The zero-order chi connectivity index (χ0) is 17.0. The van der Waals surface area contributed by atoms with Crippen LogP contribution in [0.5, 0.6) is 0 Å². The van der Waals surface area contributed by atoms with E-state index in [1.54, 1.807) is 19.2 Å². The highest BCUT2D eigenvalue weighted by Crippen LogP contribution is 2.30.